The van der Waals surface area contributed by atoms with E-state index in [-0.39, 0.29) is 17.2 Å². The Morgan fingerprint density at radius 1 is 1.23 bits per heavy atom. The molecule has 0 saturated heterocycles. The molecule has 26 heavy (non-hydrogen) atoms. The zero-order valence-corrected chi connectivity index (χ0v) is 19.1. The number of ether oxygens (including phenoxy) is 1. The van der Waals surface area contributed by atoms with E-state index in [0.717, 1.165) is 9.87 Å². The van der Waals surface area contributed by atoms with Gasteiger partial charge in [-0.25, -0.2) is 4.79 Å². The molecule has 1 aromatic rings. The molecular weight excluding hydrogens is 471 g/mol. The Balaban J connectivity index is 3.48. The van der Waals surface area contributed by atoms with Gasteiger partial charge >= 0.3 is 16.3 Å². The first-order valence-corrected chi connectivity index (χ1v) is 10.5. The number of nitrogens with two attached hydrogens (primary N) is 1. The summed E-state index contributed by atoms with van der Waals surface area (Å²) in [4.78, 5) is 12.4. The van der Waals surface area contributed by atoms with Crippen LogP contribution in [0.4, 0.5) is 0 Å². The SMILES string of the molecule is CC(C)c1cc(I)c(OS(=O)(=O)N(C)C)c(C(N)C(=O)OC(C)(C)C)c1. The lowest BCUT2D eigenvalue weighted by atomic mass is 9.97. The highest BCUT2D eigenvalue weighted by atomic mass is 127. The van der Waals surface area contributed by atoms with Crippen LogP contribution in [0.2, 0.25) is 0 Å². The fraction of sp³-hybridized carbons (Fsp3) is 0.588. The molecule has 2 N–H and O–H groups in total. The van der Waals surface area contributed by atoms with Crippen LogP contribution in [0.5, 0.6) is 5.75 Å². The number of hydrogen-bond donors (Lipinski definition) is 1. The van der Waals surface area contributed by atoms with E-state index in [1.807, 2.05) is 42.5 Å². The van der Waals surface area contributed by atoms with E-state index >= 15 is 0 Å². The van der Waals surface area contributed by atoms with E-state index in [1.165, 1.54) is 14.1 Å². The Labute approximate surface area is 169 Å². The molecule has 0 spiro atoms. The van der Waals surface area contributed by atoms with Gasteiger partial charge in [-0.1, -0.05) is 13.8 Å². The second-order valence-electron chi connectivity index (χ2n) is 7.41. The van der Waals surface area contributed by atoms with E-state index in [2.05, 4.69) is 0 Å². The molecule has 0 heterocycles. The van der Waals surface area contributed by atoms with Crippen LogP contribution in [-0.4, -0.2) is 38.4 Å². The van der Waals surface area contributed by atoms with Crippen molar-refractivity contribution < 1.29 is 22.1 Å². The van der Waals surface area contributed by atoms with Gasteiger partial charge in [0.2, 0.25) is 0 Å². The molecule has 0 saturated carbocycles. The predicted molar refractivity (Wildman–Crippen MR) is 109 cm³/mol. The molecule has 0 fully saturated rings. The van der Waals surface area contributed by atoms with Crippen LogP contribution in [0.1, 0.15) is 57.7 Å². The lowest BCUT2D eigenvalue weighted by molar-refractivity contribution is -0.156. The quantitative estimate of drug-likeness (QED) is 0.479. The fourth-order valence-electron chi connectivity index (χ4n) is 1.96. The summed E-state index contributed by atoms with van der Waals surface area (Å²) in [6, 6.07) is 2.34. The summed E-state index contributed by atoms with van der Waals surface area (Å²) < 4.78 is 36.5. The Bertz CT molecular complexity index is 770. The van der Waals surface area contributed by atoms with Crippen molar-refractivity contribution in [3.63, 3.8) is 0 Å². The number of carbonyl (C=O) groups excluding carboxylic acids is 1. The van der Waals surface area contributed by atoms with Crippen molar-refractivity contribution in [3.05, 3.63) is 26.8 Å². The average molecular weight is 498 g/mol. The van der Waals surface area contributed by atoms with Crippen LogP contribution >= 0.6 is 22.6 Å². The van der Waals surface area contributed by atoms with Crippen molar-refractivity contribution in [2.75, 3.05) is 14.1 Å². The molecular formula is C17H27IN2O5S. The van der Waals surface area contributed by atoms with Gasteiger partial charge in [-0.05, 0) is 67.0 Å². The minimum Gasteiger partial charge on any atom is -0.459 e. The fourth-order valence-corrected chi connectivity index (χ4v) is 3.44. The molecule has 0 amide bonds. The van der Waals surface area contributed by atoms with Gasteiger partial charge in [0.15, 0.2) is 5.75 Å². The van der Waals surface area contributed by atoms with Crippen LogP contribution in [0, 0.1) is 3.57 Å². The van der Waals surface area contributed by atoms with Crippen LogP contribution in [0.3, 0.4) is 0 Å². The third kappa shape index (κ3) is 6.07. The van der Waals surface area contributed by atoms with E-state index in [4.69, 9.17) is 14.7 Å². The third-order valence-corrected chi connectivity index (χ3v) is 5.47. The largest absolute Gasteiger partial charge is 0.459 e. The number of halogens is 1. The second-order valence-corrected chi connectivity index (χ2v) is 10.3. The molecule has 0 aliphatic heterocycles. The van der Waals surface area contributed by atoms with E-state index in [1.54, 1.807) is 26.8 Å². The zero-order valence-electron chi connectivity index (χ0n) is 16.2. The van der Waals surface area contributed by atoms with Crippen molar-refractivity contribution >= 4 is 38.9 Å². The molecule has 148 valence electrons. The van der Waals surface area contributed by atoms with Crippen LogP contribution in [0.15, 0.2) is 12.1 Å². The monoisotopic (exact) mass is 498 g/mol. The van der Waals surface area contributed by atoms with Gasteiger partial charge in [0.25, 0.3) is 0 Å². The van der Waals surface area contributed by atoms with Gasteiger partial charge in [0, 0.05) is 19.7 Å². The van der Waals surface area contributed by atoms with E-state index in [9.17, 15) is 13.2 Å². The van der Waals surface area contributed by atoms with Gasteiger partial charge in [0.05, 0.1) is 3.57 Å². The first-order valence-electron chi connectivity index (χ1n) is 8.09. The van der Waals surface area contributed by atoms with Crippen molar-refractivity contribution in [2.24, 2.45) is 5.73 Å². The highest BCUT2D eigenvalue weighted by Gasteiger charge is 2.30. The molecule has 0 aliphatic rings. The second kappa shape index (κ2) is 8.41. The molecule has 0 bridgehead atoms. The molecule has 9 heteroatoms. The minimum absolute atomic E-state index is 0.0436. The Morgan fingerprint density at radius 2 is 1.77 bits per heavy atom. The first kappa shape index (κ1) is 23.1. The van der Waals surface area contributed by atoms with Gasteiger partial charge in [0.1, 0.15) is 11.6 Å². The number of rotatable bonds is 6. The van der Waals surface area contributed by atoms with Crippen molar-refractivity contribution in [2.45, 2.75) is 52.2 Å². The summed E-state index contributed by atoms with van der Waals surface area (Å²) in [7, 11) is -1.28. The summed E-state index contributed by atoms with van der Waals surface area (Å²) in [5.41, 5.74) is 6.59. The van der Waals surface area contributed by atoms with Gasteiger partial charge in [-0.3, -0.25) is 0 Å². The molecule has 1 aromatic carbocycles. The summed E-state index contributed by atoms with van der Waals surface area (Å²) in [6.45, 7) is 9.19. The number of hydrogen-bond acceptors (Lipinski definition) is 6. The molecule has 7 nitrogen and oxygen atoms in total. The zero-order chi connectivity index (χ0) is 20.4. The van der Waals surface area contributed by atoms with Crippen molar-refractivity contribution in [1.29, 1.82) is 0 Å². The number of esters is 1. The van der Waals surface area contributed by atoms with Gasteiger partial charge in [-0.15, -0.1) is 0 Å². The van der Waals surface area contributed by atoms with Crippen molar-refractivity contribution in [1.82, 2.24) is 4.31 Å². The Kier molecular flexibility index (Phi) is 7.48. The third-order valence-electron chi connectivity index (χ3n) is 3.39. The maximum Gasteiger partial charge on any atom is 0.384 e. The van der Waals surface area contributed by atoms with Crippen molar-refractivity contribution in [3.8, 4) is 5.75 Å². The Hall–Kier alpha value is -0.910. The molecule has 1 atom stereocenters. The molecule has 0 radical (unpaired) electrons. The maximum absolute atomic E-state index is 12.4. The summed E-state index contributed by atoms with van der Waals surface area (Å²) in [5, 5.41) is 0. The van der Waals surface area contributed by atoms with E-state index in [0.29, 0.717) is 3.57 Å². The highest BCUT2D eigenvalue weighted by molar-refractivity contribution is 14.1. The van der Waals surface area contributed by atoms with Crippen LogP contribution in [0.25, 0.3) is 0 Å². The minimum atomic E-state index is -4.00. The van der Waals surface area contributed by atoms with Crippen LogP contribution in [-0.2, 0) is 19.8 Å². The lowest BCUT2D eigenvalue weighted by Gasteiger charge is -2.24. The molecule has 1 unspecified atom stereocenters. The summed E-state index contributed by atoms with van der Waals surface area (Å²) >= 11 is 1.98. The van der Waals surface area contributed by atoms with Gasteiger partial charge < -0.3 is 14.7 Å². The first-order chi connectivity index (χ1) is 11.7. The summed E-state index contributed by atoms with van der Waals surface area (Å²) in [6.07, 6.45) is 0. The molecule has 0 aliphatic carbocycles. The molecule has 1 rings (SSSR count). The highest BCUT2D eigenvalue weighted by Crippen LogP contribution is 2.35. The standard InChI is InChI=1S/C17H27IN2O5S/c1-10(2)11-8-12(14(19)16(21)24-17(3,4)5)15(13(18)9-11)25-26(22,23)20(6)7/h8-10,14H,19H2,1-7H3. The summed E-state index contributed by atoms with van der Waals surface area (Å²) in [5.74, 6) is -0.448. The van der Waals surface area contributed by atoms with Crippen LogP contribution < -0.4 is 9.92 Å². The normalized spacial score (nSPS) is 13.8. The molecule has 0 aromatic heterocycles. The van der Waals surface area contributed by atoms with Gasteiger partial charge in [-0.2, -0.15) is 12.7 Å². The number of nitrogens with zero attached hydrogens (tertiary/aromatic N) is 1. The average Bonchev–Trinajstić information content (AvgIpc) is 2.45. The smallest absolute Gasteiger partial charge is 0.384 e. The van der Waals surface area contributed by atoms with E-state index < -0.39 is 27.9 Å². The number of benzene rings is 1. The topological polar surface area (TPSA) is 98.9 Å². The predicted octanol–water partition coefficient (Wildman–Crippen LogP) is 2.94. The lowest BCUT2D eigenvalue weighted by Crippen LogP contribution is -2.33. The Morgan fingerprint density at radius 3 is 2.19 bits per heavy atom. The number of carbonyl (C=O) groups is 1. The maximum atomic E-state index is 12.4.